The highest BCUT2D eigenvalue weighted by Gasteiger charge is 2.35. The van der Waals surface area contributed by atoms with E-state index in [0.29, 0.717) is 0 Å². The molecular formula is C12H12F3NO3. The number of benzene rings is 1. The molecule has 0 N–H and O–H groups in total. The number of amides is 1. The van der Waals surface area contributed by atoms with Crippen molar-refractivity contribution >= 4 is 11.9 Å². The highest BCUT2D eigenvalue weighted by atomic mass is 19.4. The first kappa shape index (κ1) is 15.0. The molecule has 0 bridgehead atoms. The van der Waals surface area contributed by atoms with E-state index in [4.69, 9.17) is 0 Å². The zero-order chi connectivity index (χ0) is 14.6. The molecule has 0 saturated heterocycles. The van der Waals surface area contributed by atoms with Gasteiger partial charge in [-0.2, -0.15) is 13.2 Å². The molecule has 0 radical (unpaired) electrons. The number of hydrogen-bond acceptors (Lipinski definition) is 3. The van der Waals surface area contributed by atoms with Gasteiger partial charge in [0.25, 0.3) is 5.91 Å². The second-order valence-electron chi connectivity index (χ2n) is 3.78. The van der Waals surface area contributed by atoms with Crippen LogP contribution in [0.15, 0.2) is 24.3 Å². The first-order valence-corrected chi connectivity index (χ1v) is 5.26. The van der Waals surface area contributed by atoms with Crippen LogP contribution in [0.5, 0.6) is 0 Å². The van der Waals surface area contributed by atoms with Gasteiger partial charge in [0, 0.05) is 7.05 Å². The number of halogens is 3. The molecule has 0 fully saturated rings. The molecule has 1 aromatic rings. The fraction of sp³-hybridized carbons (Fsp3) is 0.333. The Labute approximate surface area is 107 Å². The van der Waals surface area contributed by atoms with Gasteiger partial charge in [-0.25, -0.2) is 0 Å². The van der Waals surface area contributed by atoms with E-state index >= 15 is 0 Å². The summed E-state index contributed by atoms with van der Waals surface area (Å²) in [5.74, 6) is -1.60. The average molecular weight is 275 g/mol. The topological polar surface area (TPSA) is 46.6 Å². The molecular weight excluding hydrogens is 263 g/mol. The van der Waals surface area contributed by atoms with Gasteiger partial charge in [0.15, 0.2) is 0 Å². The fourth-order valence-electron chi connectivity index (χ4n) is 1.45. The van der Waals surface area contributed by atoms with Crippen LogP contribution >= 0.6 is 0 Å². The molecule has 0 atom stereocenters. The molecule has 1 amide bonds. The monoisotopic (exact) mass is 275 g/mol. The largest absolute Gasteiger partial charge is 0.468 e. The molecule has 104 valence electrons. The van der Waals surface area contributed by atoms with E-state index in [1.165, 1.54) is 19.2 Å². The molecule has 0 heterocycles. The van der Waals surface area contributed by atoms with Gasteiger partial charge in [0.05, 0.1) is 18.2 Å². The predicted octanol–water partition coefficient (Wildman–Crippen LogP) is 1.95. The van der Waals surface area contributed by atoms with E-state index in [0.717, 1.165) is 24.1 Å². The minimum Gasteiger partial charge on any atom is -0.468 e. The van der Waals surface area contributed by atoms with Gasteiger partial charge in [-0.15, -0.1) is 0 Å². The molecule has 1 rings (SSSR count). The van der Waals surface area contributed by atoms with Crippen molar-refractivity contribution in [3.63, 3.8) is 0 Å². The molecule has 0 spiro atoms. The zero-order valence-corrected chi connectivity index (χ0v) is 10.3. The number of rotatable bonds is 3. The van der Waals surface area contributed by atoms with Crippen molar-refractivity contribution in [2.45, 2.75) is 6.18 Å². The van der Waals surface area contributed by atoms with Crippen LogP contribution < -0.4 is 0 Å². The van der Waals surface area contributed by atoms with E-state index < -0.39 is 35.7 Å². The summed E-state index contributed by atoms with van der Waals surface area (Å²) < 4.78 is 42.6. The first-order valence-electron chi connectivity index (χ1n) is 5.26. The van der Waals surface area contributed by atoms with Crippen molar-refractivity contribution in [3.8, 4) is 0 Å². The molecule has 0 aliphatic heterocycles. The number of esters is 1. The summed E-state index contributed by atoms with van der Waals surface area (Å²) >= 11 is 0. The Balaban J connectivity index is 3.03. The maximum absolute atomic E-state index is 12.7. The maximum Gasteiger partial charge on any atom is 0.417 e. The Kier molecular flexibility index (Phi) is 4.52. The van der Waals surface area contributed by atoms with Crippen molar-refractivity contribution in [3.05, 3.63) is 35.4 Å². The second kappa shape index (κ2) is 5.73. The van der Waals surface area contributed by atoms with Crippen molar-refractivity contribution in [1.82, 2.24) is 4.90 Å². The quantitative estimate of drug-likeness (QED) is 0.792. The highest BCUT2D eigenvalue weighted by Crippen LogP contribution is 2.32. The molecule has 0 unspecified atom stereocenters. The van der Waals surface area contributed by atoms with Crippen molar-refractivity contribution < 1.29 is 27.5 Å². The second-order valence-corrected chi connectivity index (χ2v) is 3.78. The van der Waals surface area contributed by atoms with Crippen LogP contribution in [0.4, 0.5) is 13.2 Å². The first-order chi connectivity index (χ1) is 8.77. The molecule has 0 aromatic heterocycles. The number of hydrogen-bond donors (Lipinski definition) is 0. The molecule has 19 heavy (non-hydrogen) atoms. The Hall–Kier alpha value is -2.05. The van der Waals surface area contributed by atoms with Gasteiger partial charge in [-0.1, -0.05) is 12.1 Å². The summed E-state index contributed by atoms with van der Waals surface area (Å²) in [4.78, 5) is 23.8. The maximum atomic E-state index is 12.7. The van der Waals surface area contributed by atoms with Crippen LogP contribution in [-0.4, -0.2) is 37.5 Å². The normalized spacial score (nSPS) is 11.0. The van der Waals surface area contributed by atoms with Crippen LogP contribution in [0.25, 0.3) is 0 Å². The van der Waals surface area contributed by atoms with E-state index in [1.807, 2.05) is 0 Å². The summed E-state index contributed by atoms with van der Waals surface area (Å²) in [6, 6.07) is 4.41. The lowest BCUT2D eigenvalue weighted by molar-refractivity contribution is -0.141. The number of alkyl halides is 3. The molecule has 7 heteroatoms. The third-order valence-corrected chi connectivity index (χ3v) is 2.40. The van der Waals surface area contributed by atoms with Crippen molar-refractivity contribution in [2.24, 2.45) is 0 Å². The van der Waals surface area contributed by atoms with E-state index in [2.05, 4.69) is 4.74 Å². The molecule has 4 nitrogen and oxygen atoms in total. The number of likely N-dealkylation sites (N-methyl/N-ethyl adjacent to an activating group) is 1. The van der Waals surface area contributed by atoms with E-state index in [1.54, 1.807) is 0 Å². The third kappa shape index (κ3) is 3.70. The van der Waals surface area contributed by atoms with Crippen LogP contribution in [0.2, 0.25) is 0 Å². The summed E-state index contributed by atoms with van der Waals surface area (Å²) in [7, 11) is 2.36. The number of carbonyl (C=O) groups is 2. The van der Waals surface area contributed by atoms with Gasteiger partial charge in [0.1, 0.15) is 6.54 Å². The smallest absolute Gasteiger partial charge is 0.417 e. The molecule has 0 aliphatic rings. The highest BCUT2D eigenvalue weighted by molar-refractivity contribution is 5.97. The predicted molar refractivity (Wildman–Crippen MR) is 60.4 cm³/mol. The standard InChI is InChI=1S/C12H12F3NO3/c1-16(7-10(17)19-2)11(18)8-5-3-4-6-9(8)12(13,14)15/h3-6H,7H2,1-2H3. The minimum atomic E-state index is -4.63. The Morgan fingerprint density at radius 3 is 2.37 bits per heavy atom. The lowest BCUT2D eigenvalue weighted by atomic mass is 10.1. The molecule has 0 aliphatic carbocycles. The van der Waals surface area contributed by atoms with E-state index in [9.17, 15) is 22.8 Å². The lowest BCUT2D eigenvalue weighted by Gasteiger charge is -2.18. The Bertz CT molecular complexity index is 485. The van der Waals surface area contributed by atoms with Crippen molar-refractivity contribution in [2.75, 3.05) is 20.7 Å². The van der Waals surface area contributed by atoms with Crippen LogP contribution in [-0.2, 0) is 15.7 Å². The summed E-state index contributed by atoms with van der Waals surface area (Å²) in [5.41, 5.74) is -1.53. The lowest BCUT2D eigenvalue weighted by Crippen LogP contribution is -2.33. The van der Waals surface area contributed by atoms with Gasteiger partial charge in [-0.05, 0) is 12.1 Å². The van der Waals surface area contributed by atoms with Gasteiger partial charge in [-0.3, -0.25) is 9.59 Å². The van der Waals surface area contributed by atoms with E-state index in [-0.39, 0.29) is 0 Å². The third-order valence-electron chi connectivity index (χ3n) is 2.40. The molecule has 1 aromatic carbocycles. The number of methoxy groups -OCH3 is 1. The average Bonchev–Trinajstić information content (AvgIpc) is 2.36. The summed E-state index contributed by atoms with van der Waals surface area (Å²) in [6.45, 7) is -0.415. The van der Waals surface area contributed by atoms with Crippen LogP contribution in [0, 0.1) is 0 Å². The SMILES string of the molecule is COC(=O)CN(C)C(=O)c1ccccc1C(F)(F)F. The van der Waals surface area contributed by atoms with Gasteiger partial charge < -0.3 is 9.64 Å². The molecule has 0 saturated carbocycles. The number of ether oxygens (including phenoxy) is 1. The number of nitrogens with zero attached hydrogens (tertiary/aromatic N) is 1. The van der Waals surface area contributed by atoms with Gasteiger partial charge >= 0.3 is 12.1 Å². The van der Waals surface area contributed by atoms with Crippen molar-refractivity contribution in [1.29, 1.82) is 0 Å². The minimum absolute atomic E-state index is 0.415. The van der Waals surface area contributed by atoms with Crippen LogP contribution in [0.1, 0.15) is 15.9 Å². The fourth-order valence-corrected chi connectivity index (χ4v) is 1.45. The number of carbonyl (C=O) groups excluding carboxylic acids is 2. The summed E-state index contributed by atoms with van der Waals surface area (Å²) in [6.07, 6.45) is -4.63. The zero-order valence-electron chi connectivity index (χ0n) is 10.3. The van der Waals surface area contributed by atoms with Crippen LogP contribution in [0.3, 0.4) is 0 Å². The Morgan fingerprint density at radius 2 is 1.84 bits per heavy atom. The summed E-state index contributed by atoms with van der Waals surface area (Å²) in [5, 5.41) is 0. The van der Waals surface area contributed by atoms with Gasteiger partial charge in [0.2, 0.25) is 0 Å². The Morgan fingerprint density at radius 1 is 1.26 bits per heavy atom.